The Balaban J connectivity index is 2.05. The average Bonchev–Trinajstić information content (AvgIpc) is 3.07. The fourth-order valence-electron chi connectivity index (χ4n) is 2.04. The summed E-state index contributed by atoms with van der Waals surface area (Å²) in [5.74, 6) is 0.458. The van der Waals surface area contributed by atoms with Crippen LogP contribution in [0.25, 0.3) is 11.5 Å². The van der Waals surface area contributed by atoms with Gasteiger partial charge in [-0.05, 0) is 6.07 Å². The highest BCUT2D eigenvalue weighted by molar-refractivity contribution is 6.30. The molecule has 0 aliphatic heterocycles. The number of halogens is 4. The number of hydrogen-bond acceptors (Lipinski definition) is 4. The van der Waals surface area contributed by atoms with Gasteiger partial charge in [0, 0.05) is 31.8 Å². The van der Waals surface area contributed by atoms with E-state index in [0.29, 0.717) is 16.5 Å². The van der Waals surface area contributed by atoms with Crippen molar-refractivity contribution in [2.45, 2.75) is 12.7 Å². The highest BCUT2D eigenvalue weighted by Gasteiger charge is 2.35. The predicted octanol–water partition coefficient (Wildman–Crippen LogP) is 2.79. The zero-order valence-electron chi connectivity index (χ0n) is 11.8. The third kappa shape index (κ3) is 3.19. The molecule has 3 aromatic rings. The Bertz CT molecular complexity index is 821. The Labute approximate surface area is 133 Å². The number of nitrogens with zero attached hydrogens (tertiary/aromatic N) is 6. The zero-order chi connectivity index (χ0) is 16.6. The van der Waals surface area contributed by atoms with E-state index in [9.17, 15) is 13.2 Å². The van der Waals surface area contributed by atoms with Gasteiger partial charge in [0.25, 0.3) is 0 Å². The predicted molar refractivity (Wildman–Crippen MR) is 75.6 cm³/mol. The molecule has 0 saturated carbocycles. The molecular formula is C13H10ClF3N6. The van der Waals surface area contributed by atoms with Gasteiger partial charge in [0.05, 0.1) is 11.6 Å². The third-order valence-corrected chi connectivity index (χ3v) is 3.30. The van der Waals surface area contributed by atoms with Crippen molar-refractivity contribution in [2.24, 2.45) is 7.05 Å². The van der Waals surface area contributed by atoms with E-state index >= 15 is 0 Å². The van der Waals surface area contributed by atoms with Crippen LogP contribution in [0.15, 0.2) is 30.9 Å². The summed E-state index contributed by atoms with van der Waals surface area (Å²) in [5, 5.41) is 4.31. The highest BCUT2D eigenvalue weighted by atomic mass is 35.5. The average molecular weight is 343 g/mol. The van der Waals surface area contributed by atoms with Crippen molar-refractivity contribution in [1.82, 2.24) is 29.3 Å². The Morgan fingerprint density at radius 2 is 1.91 bits per heavy atom. The fourth-order valence-corrected chi connectivity index (χ4v) is 2.14. The number of aromatic nitrogens is 6. The van der Waals surface area contributed by atoms with E-state index < -0.39 is 11.9 Å². The van der Waals surface area contributed by atoms with Gasteiger partial charge in [0.1, 0.15) is 11.5 Å². The topological polar surface area (TPSA) is 61.4 Å². The summed E-state index contributed by atoms with van der Waals surface area (Å²) in [6, 6.07) is 1.59. The lowest BCUT2D eigenvalue weighted by molar-refractivity contribution is -0.140. The molecule has 0 saturated heterocycles. The molecule has 0 spiro atoms. The fraction of sp³-hybridized carbons (Fsp3) is 0.231. The lowest BCUT2D eigenvalue weighted by Crippen LogP contribution is -2.07. The van der Waals surface area contributed by atoms with Crippen LogP contribution in [-0.2, 0) is 19.8 Å². The molecule has 23 heavy (non-hydrogen) atoms. The monoisotopic (exact) mass is 342 g/mol. The van der Waals surface area contributed by atoms with Crippen molar-refractivity contribution in [3.8, 4) is 11.5 Å². The van der Waals surface area contributed by atoms with Crippen molar-refractivity contribution in [3.05, 3.63) is 47.4 Å². The van der Waals surface area contributed by atoms with E-state index in [1.807, 2.05) is 0 Å². The van der Waals surface area contributed by atoms with Crippen LogP contribution in [0.4, 0.5) is 13.2 Å². The van der Waals surface area contributed by atoms with Gasteiger partial charge in [-0.3, -0.25) is 4.68 Å². The van der Waals surface area contributed by atoms with Gasteiger partial charge in [-0.25, -0.2) is 15.0 Å². The summed E-state index contributed by atoms with van der Waals surface area (Å²) >= 11 is 5.71. The lowest BCUT2D eigenvalue weighted by Gasteiger charge is -2.06. The van der Waals surface area contributed by atoms with Crippen LogP contribution in [0.3, 0.4) is 0 Å². The van der Waals surface area contributed by atoms with E-state index in [2.05, 4.69) is 20.1 Å². The molecule has 0 unspecified atom stereocenters. The summed E-state index contributed by atoms with van der Waals surface area (Å²) in [5.41, 5.74) is -0.530. The Hall–Kier alpha value is -2.42. The molecule has 3 heterocycles. The molecule has 6 nitrogen and oxygen atoms in total. The summed E-state index contributed by atoms with van der Waals surface area (Å²) in [7, 11) is 1.63. The minimum atomic E-state index is -4.54. The van der Waals surface area contributed by atoms with Crippen LogP contribution in [-0.4, -0.2) is 29.3 Å². The normalized spacial score (nSPS) is 11.9. The molecule has 10 heteroatoms. The largest absolute Gasteiger partial charge is 0.434 e. The molecule has 0 radical (unpaired) electrons. The number of alkyl halides is 3. The van der Waals surface area contributed by atoms with Crippen LogP contribution in [0.1, 0.15) is 11.5 Å². The molecule has 0 aliphatic carbocycles. The number of aryl methyl sites for hydroxylation is 1. The maximum Gasteiger partial charge on any atom is 0.434 e. The highest BCUT2D eigenvalue weighted by Crippen LogP contribution is 2.31. The van der Waals surface area contributed by atoms with E-state index in [1.165, 1.54) is 27.8 Å². The van der Waals surface area contributed by atoms with E-state index in [-0.39, 0.29) is 12.4 Å². The Morgan fingerprint density at radius 1 is 1.22 bits per heavy atom. The standard InChI is InChI=1S/C13H10ClF3N6/c1-22-9(2-3-20-22)12-21-10(13(15,16)17)6-23(12)7-11-18-4-8(14)5-19-11/h2-6H,7H2,1H3. The van der Waals surface area contributed by atoms with Gasteiger partial charge in [-0.2, -0.15) is 18.3 Å². The van der Waals surface area contributed by atoms with Gasteiger partial charge < -0.3 is 4.57 Å². The number of rotatable bonds is 3. The van der Waals surface area contributed by atoms with Gasteiger partial charge in [-0.1, -0.05) is 11.6 Å². The second-order valence-electron chi connectivity index (χ2n) is 4.73. The zero-order valence-corrected chi connectivity index (χ0v) is 12.5. The number of hydrogen-bond donors (Lipinski definition) is 0. The SMILES string of the molecule is Cn1nccc1-c1nc(C(F)(F)F)cn1Cc1ncc(Cl)cn1. The van der Waals surface area contributed by atoms with Gasteiger partial charge in [0.15, 0.2) is 11.5 Å². The lowest BCUT2D eigenvalue weighted by atomic mass is 10.4. The van der Waals surface area contributed by atoms with Crippen molar-refractivity contribution >= 4 is 11.6 Å². The Morgan fingerprint density at radius 3 is 2.48 bits per heavy atom. The molecule has 0 aromatic carbocycles. The maximum absolute atomic E-state index is 13.0. The summed E-state index contributed by atoms with van der Waals surface area (Å²) in [4.78, 5) is 11.7. The molecule has 0 N–H and O–H groups in total. The molecule has 0 amide bonds. The van der Waals surface area contributed by atoms with Crippen LogP contribution >= 0.6 is 11.6 Å². The van der Waals surface area contributed by atoms with Crippen molar-refractivity contribution in [1.29, 1.82) is 0 Å². The molecular weight excluding hydrogens is 333 g/mol. The summed E-state index contributed by atoms with van der Waals surface area (Å²) in [6.07, 6.45) is 0.643. The first-order valence-corrected chi connectivity index (χ1v) is 6.81. The molecule has 0 aliphatic rings. The van der Waals surface area contributed by atoms with Gasteiger partial charge >= 0.3 is 6.18 Å². The molecule has 0 bridgehead atoms. The first kappa shape index (κ1) is 15.5. The molecule has 3 aromatic heterocycles. The maximum atomic E-state index is 13.0. The van der Waals surface area contributed by atoms with E-state index in [0.717, 1.165) is 6.20 Å². The first-order chi connectivity index (χ1) is 10.8. The van der Waals surface area contributed by atoms with Crippen molar-refractivity contribution in [3.63, 3.8) is 0 Å². The Kier molecular flexibility index (Phi) is 3.80. The molecule has 0 atom stereocenters. The van der Waals surface area contributed by atoms with Crippen LogP contribution < -0.4 is 0 Å². The number of imidazole rings is 1. The summed E-state index contributed by atoms with van der Waals surface area (Å²) < 4.78 is 41.7. The molecule has 120 valence electrons. The third-order valence-electron chi connectivity index (χ3n) is 3.10. The molecule has 0 fully saturated rings. The van der Waals surface area contributed by atoms with Gasteiger partial charge in [-0.15, -0.1) is 0 Å². The van der Waals surface area contributed by atoms with Crippen LogP contribution in [0.2, 0.25) is 5.02 Å². The first-order valence-electron chi connectivity index (χ1n) is 6.44. The quantitative estimate of drug-likeness (QED) is 0.734. The summed E-state index contributed by atoms with van der Waals surface area (Å²) in [6.45, 7) is 0.0285. The second kappa shape index (κ2) is 5.65. The minimum Gasteiger partial charge on any atom is -0.321 e. The van der Waals surface area contributed by atoms with Crippen LogP contribution in [0, 0.1) is 0 Å². The molecule has 3 rings (SSSR count). The second-order valence-corrected chi connectivity index (χ2v) is 5.17. The van der Waals surface area contributed by atoms with E-state index in [1.54, 1.807) is 13.1 Å². The van der Waals surface area contributed by atoms with E-state index in [4.69, 9.17) is 11.6 Å². The van der Waals surface area contributed by atoms with Crippen molar-refractivity contribution < 1.29 is 13.2 Å². The minimum absolute atomic E-state index is 0.0285. The van der Waals surface area contributed by atoms with Crippen molar-refractivity contribution in [2.75, 3.05) is 0 Å². The van der Waals surface area contributed by atoms with Crippen LogP contribution in [0.5, 0.6) is 0 Å². The van der Waals surface area contributed by atoms with Gasteiger partial charge in [0.2, 0.25) is 0 Å². The smallest absolute Gasteiger partial charge is 0.321 e.